The Hall–Kier alpha value is -1.85. The highest BCUT2D eigenvalue weighted by Crippen LogP contribution is 2.42. The van der Waals surface area contributed by atoms with Gasteiger partial charge >= 0.3 is 0 Å². The summed E-state index contributed by atoms with van der Waals surface area (Å²) in [6, 6.07) is 7.88. The molecule has 0 spiro atoms. The Morgan fingerprint density at radius 3 is 2.52 bits per heavy atom. The second kappa shape index (κ2) is 10.6. The van der Waals surface area contributed by atoms with E-state index in [1.54, 1.807) is 0 Å². The SMILES string of the molecule is CCC(CC)c1cc([C@@H]2CN3CC[C@H]2C[C@@H]3CNC2CCCCC2)nc(-c2ccncc2)n1. The number of fused-ring (bicyclic) bond motifs is 3. The highest BCUT2D eigenvalue weighted by atomic mass is 15.2. The number of hydrogen-bond acceptors (Lipinski definition) is 5. The third-order valence-electron chi connectivity index (χ3n) is 8.61. The zero-order valence-corrected chi connectivity index (χ0v) is 20.5. The maximum absolute atomic E-state index is 5.16. The number of rotatable bonds is 8. The Kier molecular flexibility index (Phi) is 7.37. The summed E-state index contributed by atoms with van der Waals surface area (Å²) in [5.41, 5.74) is 3.57. The zero-order chi connectivity index (χ0) is 22.6. The molecule has 2 aromatic heterocycles. The Morgan fingerprint density at radius 2 is 1.82 bits per heavy atom. The molecule has 0 amide bonds. The Morgan fingerprint density at radius 1 is 1.03 bits per heavy atom. The van der Waals surface area contributed by atoms with Crippen LogP contribution in [0.15, 0.2) is 30.6 Å². The van der Waals surface area contributed by atoms with Crippen LogP contribution in [-0.4, -0.2) is 51.6 Å². The van der Waals surface area contributed by atoms with E-state index in [1.165, 1.54) is 69.4 Å². The Balaban J connectivity index is 1.35. The number of aromatic nitrogens is 3. The lowest BCUT2D eigenvalue weighted by Crippen LogP contribution is -2.56. The van der Waals surface area contributed by atoms with Crippen LogP contribution in [0.4, 0.5) is 0 Å². The van der Waals surface area contributed by atoms with Gasteiger partial charge in [-0.05, 0) is 69.2 Å². The van der Waals surface area contributed by atoms with Gasteiger partial charge in [0.2, 0.25) is 0 Å². The van der Waals surface area contributed by atoms with Crippen LogP contribution < -0.4 is 5.32 Å². The van der Waals surface area contributed by atoms with E-state index in [-0.39, 0.29) is 0 Å². The van der Waals surface area contributed by atoms with Crippen LogP contribution in [0.3, 0.4) is 0 Å². The molecule has 4 fully saturated rings. The van der Waals surface area contributed by atoms with Crippen molar-refractivity contribution in [2.45, 2.75) is 95.6 Å². The van der Waals surface area contributed by atoms with E-state index in [9.17, 15) is 0 Å². The van der Waals surface area contributed by atoms with Gasteiger partial charge < -0.3 is 5.32 Å². The average Bonchev–Trinajstić information content (AvgIpc) is 2.89. The smallest absolute Gasteiger partial charge is 0.159 e. The predicted molar refractivity (Wildman–Crippen MR) is 134 cm³/mol. The van der Waals surface area contributed by atoms with Gasteiger partial charge in [0, 0.05) is 66.4 Å². The van der Waals surface area contributed by atoms with Crippen LogP contribution >= 0.6 is 0 Å². The lowest BCUT2D eigenvalue weighted by Gasteiger charge is -2.50. The van der Waals surface area contributed by atoms with Crippen LogP contribution in [0.1, 0.15) is 94.9 Å². The van der Waals surface area contributed by atoms with Gasteiger partial charge in [-0.1, -0.05) is 33.1 Å². The third-order valence-corrected chi connectivity index (χ3v) is 8.61. The van der Waals surface area contributed by atoms with Crippen molar-refractivity contribution in [2.24, 2.45) is 5.92 Å². The van der Waals surface area contributed by atoms with Crippen molar-refractivity contribution in [3.05, 3.63) is 42.0 Å². The molecule has 5 nitrogen and oxygen atoms in total. The average molecular weight is 448 g/mol. The quantitative estimate of drug-likeness (QED) is 0.576. The summed E-state index contributed by atoms with van der Waals surface area (Å²) in [6.07, 6.45) is 15.5. The minimum Gasteiger partial charge on any atom is -0.312 e. The molecule has 1 aliphatic carbocycles. The standard InChI is InChI=1S/C28H41N5/c1-3-20(4-2)26-17-27(32-28(31-26)21-10-13-29-14-11-21)25-19-33-15-12-22(25)16-24(33)18-30-23-8-6-5-7-9-23/h10-11,13-14,17,20,22-25,30H,3-9,12,15-16,18-19H2,1-2H3/t22-,24+,25+/m0/s1. The highest BCUT2D eigenvalue weighted by molar-refractivity contribution is 5.54. The van der Waals surface area contributed by atoms with Gasteiger partial charge in [0.25, 0.3) is 0 Å². The summed E-state index contributed by atoms with van der Waals surface area (Å²) in [4.78, 5) is 17.1. The van der Waals surface area contributed by atoms with Crippen molar-refractivity contribution in [3.8, 4) is 11.4 Å². The van der Waals surface area contributed by atoms with Crippen molar-refractivity contribution < 1.29 is 0 Å². The van der Waals surface area contributed by atoms with Gasteiger partial charge in [-0.3, -0.25) is 9.88 Å². The maximum Gasteiger partial charge on any atom is 0.159 e. The number of hydrogen-bond donors (Lipinski definition) is 1. The van der Waals surface area contributed by atoms with E-state index < -0.39 is 0 Å². The number of nitrogens with one attached hydrogen (secondary N) is 1. The number of pyridine rings is 1. The molecule has 6 rings (SSSR count). The fourth-order valence-electron chi connectivity index (χ4n) is 6.52. The van der Waals surface area contributed by atoms with Gasteiger partial charge in [0.1, 0.15) is 0 Å². The molecule has 2 bridgehead atoms. The van der Waals surface area contributed by atoms with Gasteiger partial charge in [-0.2, -0.15) is 0 Å². The van der Waals surface area contributed by atoms with Crippen molar-refractivity contribution in [2.75, 3.05) is 19.6 Å². The van der Waals surface area contributed by atoms with Crippen LogP contribution in [0.2, 0.25) is 0 Å². The first-order chi connectivity index (χ1) is 16.2. The van der Waals surface area contributed by atoms with E-state index in [2.05, 4.69) is 35.1 Å². The molecular weight excluding hydrogens is 406 g/mol. The van der Waals surface area contributed by atoms with E-state index in [4.69, 9.17) is 9.97 Å². The molecular formula is C28H41N5. The largest absolute Gasteiger partial charge is 0.312 e. The summed E-state index contributed by atoms with van der Waals surface area (Å²) in [6.45, 7) is 8.12. The van der Waals surface area contributed by atoms with Gasteiger partial charge in [0.05, 0.1) is 0 Å². The lowest BCUT2D eigenvalue weighted by molar-refractivity contribution is 0.0276. The summed E-state index contributed by atoms with van der Waals surface area (Å²) in [5.74, 6) is 2.65. The van der Waals surface area contributed by atoms with Gasteiger partial charge in [0.15, 0.2) is 5.82 Å². The molecule has 3 saturated heterocycles. The molecule has 1 N–H and O–H groups in total. The van der Waals surface area contributed by atoms with Crippen LogP contribution in [0.25, 0.3) is 11.4 Å². The molecule has 178 valence electrons. The molecule has 1 saturated carbocycles. The molecule has 3 aliphatic heterocycles. The fraction of sp³-hybridized carbons (Fsp3) is 0.679. The predicted octanol–water partition coefficient (Wildman–Crippen LogP) is 5.54. The van der Waals surface area contributed by atoms with E-state index in [1.807, 2.05) is 24.5 Å². The minimum absolute atomic E-state index is 0.501. The van der Waals surface area contributed by atoms with E-state index >= 15 is 0 Å². The van der Waals surface area contributed by atoms with Gasteiger partial charge in [-0.15, -0.1) is 0 Å². The summed E-state index contributed by atoms with van der Waals surface area (Å²) in [5, 5.41) is 3.93. The first kappa shape index (κ1) is 22.9. The third kappa shape index (κ3) is 5.14. The topological polar surface area (TPSA) is 53.9 Å². The minimum atomic E-state index is 0.501. The molecule has 1 unspecified atom stereocenters. The monoisotopic (exact) mass is 447 g/mol. The molecule has 0 radical (unpaired) electrons. The first-order valence-electron chi connectivity index (χ1n) is 13.5. The van der Waals surface area contributed by atoms with Gasteiger partial charge in [-0.25, -0.2) is 9.97 Å². The first-order valence-corrected chi connectivity index (χ1v) is 13.5. The second-order valence-electron chi connectivity index (χ2n) is 10.6. The van der Waals surface area contributed by atoms with Crippen LogP contribution in [-0.2, 0) is 0 Å². The normalized spacial score (nSPS) is 27.8. The second-order valence-corrected chi connectivity index (χ2v) is 10.6. The van der Waals surface area contributed by atoms with Crippen LogP contribution in [0.5, 0.6) is 0 Å². The molecule has 4 atom stereocenters. The molecule has 2 aromatic rings. The number of piperidine rings is 3. The fourth-order valence-corrected chi connectivity index (χ4v) is 6.52. The molecule has 5 heterocycles. The van der Waals surface area contributed by atoms with Crippen molar-refractivity contribution in [3.63, 3.8) is 0 Å². The van der Waals surface area contributed by atoms with Crippen LogP contribution in [0, 0.1) is 5.92 Å². The Labute approximate surface area is 199 Å². The Bertz CT molecular complexity index is 890. The maximum atomic E-state index is 5.16. The lowest BCUT2D eigenvalue weighted by atomic mass is 9.73. The summed E-state index contributed by atoms with van der Waals surface area (Å²) >= 11 is 0. The van der Waals surface area contributed by atoms with E-state index in [0.717, 1.165) is 42.7 Å². The summed E-state index contributed by atoms with van der Waals surface area (Å²) in [7, 11) is 0. The molecule has 0 aromatic carbocycles. The van der Waals surface area contributed by atoms with E-state index in [0.29, 0.717) is 17.9 Å². The highest BCUT2D eigenvalue weighted by Gasteiger charge is 2.41. The van der Waals surface area contributed by atoms with Crippen molar-refractivity contribution in [1.29, 1.82) is 0 Å². The summed E-state index contributed by atoms with van der Waals surface area (Å²) < 4.78 is 0. The molecule has 5 heteroatoms. The van der Waals surface area contributed by atoms with Crippen molar-refractivity contribution >= 4 is 0 Å². The van der Waals surface area contributed by atoms with Crippen molar-refractivity contribution in [1.82, 2.24) is 25.2 Å². The number of nitrogens with zero attached hydrogens (tertiary/aromatic N) is 4. The molecule has 4 aliphatic rings. The molecule has 33 heavy (non-hydrogen) atoms. The zero-order valence-electron chi connectivity index (χ0n) is 20.5.